The Kier molecular flexibility index (Phi) is 4.70. The predicted octanol–water partition coefficient (Wildman–Crippen LogP) is 0.693. The highest BCUT2D eigenvalue weighted by atomic mass is 16.5. The first kappa shape index (κ1) is 11.6. The third-order valence-corrected chi connectivity index (χ3v) is 2.03. The zero-order valence-electron chi connectivity index (χ0n) is 8.90. The Hall–Kier alpha value is -1.49. The van der Waals surface area contributed by atoms with E-state index in [1.54, 1.807) is 0 Å². The lowest BCUT2D eigenvalue weighted by atomic mass is 10.3. The van der Waals surface area contributed by atoms with E-state index in [9.17, 15) is 4.79 Å². The van der Waals surface area contributed by atoms with Crippen LogP contribution < -0.4 is 11.1 Å². The third-order valence-electron chi connectivity index (χ3n) is 2.03. The zero-order valence-corrected chi connectivity index (χ0v) is 8.90. The number of nitrogens with zero attached hydrogens (tertiary/aromatic N) is 1. The van der Waals surface area contributed by atoms with Gasteiger partial charge in [0, 0.05) is 32.0 Å². The number of hydrogen-bond donors (Lipinski definition) is 2. The number of nitrogens with two attached hydrogens (primary N) is 1. The molecule has 1 aromatic rings. The molecule has 0 aliphatic heterocycles. The molecule has 0 saturated heterocycles. The van der Waals surface area contributed by atoms with Gasteiger partial charge in [-0.05, 0) is 18.6 Å². The molecule has 5 heteroatoms. The number of hydrogen-bond acceptors (Lipinski definition) is 3. The third kappa shape index (κ3) is 4.51. The van der Waals surface area contributed by atoms with Crippen LogP contribution >= 0.6 is 0 Å². The largest absolute Gasteiger partial charge is 0.448 e. The summed E-state index contributed by atoms with van der Waals surface area (Å²) in [5.74, 6) is 0. The molecule has 0 radical (unpaired) electrons. The Balaban J connectivity index is 2.12. The van der Waals surface area contributed by atoms with Crippen LogP contribution in [0.1, 0.15) is 12.5 Å². The molecule has 0 unspecified atom stereocenters. The first-order valence-electron chi connectivity index (χ1n) is 5.00. The van der Waals surface area contributed by atoms with E-state index in [-0.39, 0.29) is 0 Å². The van der Waals surface area contributed by atoms with Crippen LogP contribution in [-0.4, -0.2) is 23.8 Å². The van der Waals surface area contributed by atoms with E-state index >= 15 is 0 Å². The number of amides is 1. The number of primary amides is 1. The average molecular weight is 211 g/mol. The van der Waals surface area contributed by atoms with Crippen LogP contribution in [0, 0.1) is 0 Å². The van der Waals surface area contributed by atoms with E-state index in [2.05, 4.69) is 33.8 Å². The van der Waals surface area contributed by atoms with Crippen LogP contribution in [-0.2, 0) is 17.8 Å². The van der Waals surface area contributed by atoms with Crippen molar-refractivity contribution in [1.29, 1.82) is 0 Å². The molecule has 5 nitrogen and oxygen atoms in total. The normalized spacial score (nSPS) is 10.2. The molecular formula is C10H17N3O2. The van der Waals surface area contributed by atoms with Crippen molar-refractivity contribution in [1.82, 2.24) is 9.88 Å². The van der Waals surface area contributed by atoms with Crippen LogP contribution in [0.2, 0.25) is 0 Å². The second-order valence-electron chi connectivity index (χ2n) is 3.19. The van der Waals surface area contributed by atoms with Crippen LogP contribution in [0.15, 0.2) is 18.5 Å². The predicted molar refractivity (Wildman–Crippen MR) is 57.3 cm³/mol. The van der Waals surface area contributed by atoms with E-state index in [0.29, 0.717) is 13.2 Å². The van der Waals surface area contributed by atoms with Gasteiger partial charge in [-0.15, -0.1) is 0 Å². The molecule has 0 aliphatic rings. The molecule has 0 saturated carbocycles. The van der Waals surface area contributed by atoms with Gasteiger partial charge in [-0.2, -0.15) is 0 Å². The maximum absolute atomic E-state index is 10.2. The molecular weight excluding hydrogens is 194 g/mol. The molecule has 1 rings (SSSR count). The van der Waals surface area contributed by atoms with Gasteiger partial charge in [0.25, 0.3) is 0 Å². The number of aryl methyl sites for hydroxylation is 1. The van der Waals surface area contributed by atoms with Gasteiger partial charge in [0.1, 0.15) is 6.61 Å². The van der Waals surface area contributed by atoms with Crippen molar-refractivity contribution in [3.63, 3.8) is 0 Å². The van der Waals surface area contributed by atoms with Gasteiger partial charge in [0.05, 0.1) is 0 Å². The van der Waals surface area contributed by atoms with Crippen molar-refractivity contribution in [2.24, 2.45) is 5.73 Å². The minimum Gasteiger partial charge on any atom is -0.448 e. The number of ether oxygens (including phenoxy) is 1. The van der Waals surface area contributed by atoms with Gasteiger partial charge in [-0.25, -0.2) is 4.79 Å². The van der Waals surface area contributed by atoms with E-state index in [0.717, 1.165) is 13.1 Å². The molecule has 3 N–H and O–H groups in total. The van der Waals surface area contributed by atoms with Gasteiger partial charge in [0.2, 0.25) is 0 Å². The van der Waals surface area contributed by atoms with Crippen molar-refractivity contribution >= 4 is 6.09 Å². The molecule has 0 fully saturated rings. The minimum atomic E-state index is -0.728. The van der Waals surface area contributed by atoms with Crippen molar-refractivity contribution in [2.45, 2.75) is 20.0 Å². The summed E-state index contributed by atoms with van der Waals surface area (Å²) in [6.07, 6.45) is 3.40. The second kappa shape index (κ2) is 6.08. The summed E-state index contributed by atoms with van der Waals surface area (Å²) >= 11 is 0. The SMILES string of the molecule is CCn1ccc(CNCCOC(N)=O)c1. The van der Waals surface area contributed by atoms with E-state index in [4.69, 9.17) is 5.73 Å². The lowest BCUT2D eigenvalue weighted by Crippen LogP contribution is -2.23. The van der Waals surface area contributed by atoms with Crippen LogP contribution in [0.3, 0.4) is 0 Å². The van der Waals surface area contributed by atoms with Crippen molar-refractivity contribution in [3.8, 4) is 0 Å². The average Bonchev–Trinajstić information content (AvgIpc) is 2.65. The Morgan fingerprint density at radius 2 is 2.47 bits per heavy atom. The summed E-state index contributed by atoms with van der Waals surface area (Å²) in [7, 11) is 0. The summed E-state index contributed by atoms with van der Waals surface area (Å²) in [4.78, 5) is 10.2. The lowest BCUT2D eigenvalue weighted by molar-refractivity contribution is 0.157. The fourth-order valence-corrected chi connectivity index (χ4v) is 1.25. The molecule has 1 heterocycles. The Labute approximate surface area is 89.2 Å². The summed E-state index contributed by atoms with van der Waals surface area (Å²) in [5.41, 5.74) is 6.03. The number of carbonyl (C=O) groups is 1. The molecule has 0 bridgehead atoms. The smallest absolute Gasteiger partial charge is 0.404 e. The number of carbonyl (C=O) groups excluding carboxylic acids is 1. The Bertz CT molecular complexity index is 309. The van der Waals surface area contributed by atoms with Gasteiger partial charge in [-0.1, -0.05) is 0 Å². The highest BCUT2D eigenvalue weighted by Gasteiger charge is 1.96. The number of rotatable bonds is 6. The Morgan fingerprint density at radius 3 is 3.07 bits per heavy atom. The van der Waals surface area contributed by atoms with Crippen molar-refractivity contribution in [2.75, 3.05) is 13.2 Å². The Morgan fingerprint density at radius 1 is 1.67 bits per heavy atom. The number of nitrogens with one attached hydrogen (secondary N) is 1. The van der Waals surface area contributed by atoms with Crippen molar-refractivity contribution in [3.05, 3.63) is 24.0 Å². The summed E-state index contributed by atoms with van der Waals surface area (Å²) in [6.45, 7) is 4.77. The quantitative estimate of drug-likeness (QED) is 0.680. The van der Waals surface area contributed by atoms with Gasteiger partial charge in [0.15, 0.2) is 0 Å². The maximum Gasteiger partial charge on any atom is 0.404 e. The molecule has 0 aromatic carbocycles. The first-order valence-corrected chi connectivity index (χ1v) is 5.00. The maximum atomic E-state index is 10.2. The van der Waals surface area contributed by atoms with Crippen LogP contribution in [0.25, 0.3) is 0 Å². The fourth-order valence-electron chi connectivity index (χ4n) is 1.25. The molecule has 1 aromatic heterocycles. The van der Waals surface area contributed by atoms with E-state index < -0.39 is 6.09 Å². The first-order chi connectivity index (χ1) is 7.22. The lowest BCUT2D eigenvalue weighted by Gasteiger charge is -2.03. The zero-order chi connectivity index (χ0) is 11.1. The summed E-state index contributed by atoms with van der Waals surface area (Å²) in [6, 6.07) is 2.06. The van der Waals surface area contributed by atoms with E-state index in [1.165, 1.54) is 5.56 Å². The van der Waals surface area contributed by atoms with Gasteiger partial charge < -0.3 is 20.4 Å². The monoisotopic (exact) mass is 211 g/mol. The second-order valence-corrected chi connectivity index (χ2v) is 3.19. The molecule has 1 amide bonds. The minimum absolute atomic E-state index is 0.309. The van der Waals surface area contributed by atoms with E-state index in [1.807, 2.05) is 6.20 Å². The molecule has 0 spiro atoms. The highest BCUT2D eigenvalue weighted by Crippen LogP contribution is 2.00. The van der Waals surface area contributed by atoms with Crippen molar-refractivity contribution < 1.29 is 9.53 Å². The fraction of sp³-hybridized carbons (Fsp3) is 0.500. The standard InChI is InChI=1S/C10H17N3O2/c1-2-13-5-3-9(8-13)7-12-4-6-15-10(11)14/h3,5,8,12H,2,4,6-7H2,1H3,(H2,11,14). The number of aromatic nitrogens is 1. The molecule has 84 valence electrons. The van der Waals surface area contributed by atoms with Crippen LogP contribution in [0.5, 0.6) is 0 Å². The molecule has 15 heavy (non-hydrogen) atoms. The van der Waals surface area contributed by atoms with Gasteiger partial charge in [-0.3, -0.25) is 0 Å². The molecule has 0 atom stereocenters. The topological polar surface area (TPSA) is 69.3 Å². The molecule has 0 aliphatic carbocycles. The van der Waals surface area contributed by atoms with Crippen LogP contribution in [0.4, 0.5) is 4.79 Å². The highest BCUT2D eigenvalue weighted by molar-refractivity contribution is 5.64. The summed E-state index contributed by atoms with van der Waals surface area (Å²) in [5, 5.41) is 3.15. The van der Waals surface area contributed by atoms with Gasteiger partial charge >= 0.3 is 6.09 Å². The summed E-state index contributed by atoms with van der Waals surface area (Å²) < 4.78 is 6.69.